The molecule has 6 heteroatoms. The molecule has 5 nitrogen and oxygen atoms in total. The smallest absolute Gasteiger partial charge is 0.267 e. The molecule has 0 aromatic heterocycles. The van der Waals surface area contributed by atoms with Crippen LogP contribution >= 0.6 is 11.6 Å². The fraction of sp³-hybridized carbons (Fsp3) is 0.250. The molecule has 0 atom stereocenters. The molecular formula is C20H22ClNO4. The molecule has 2 aromatic carbocycles. The number of hydroxylamine groups is 1. The first kappa shape index (κ1) is 19.8. The normalized spacial score (nSPS) is 11.0. The lowest BCUT2D eigenvalue weighted by molar-refractivity contribution is -0.129. The Kier molecular flexibility index (Phi) is 7.51. The molecule has 0 aliphatic heterocycles. The summed E-state index contributed by atoms with van der Waals surface area (Å²) in [4.78, 5) is 17.0. The van der Waals surface area contributed by atoms with Crippen molar-refractivity contribution in [2.45, 2.75) is 26.6 Å². The van der Waals surface area contributed by atoms with E-state index < -0.39 is 0 Å². The van der Waals surface area contributed by atoms with Crippen LogP contribution in [0, 0.1) is 0 Å². The third-order valence-corrected chi connectivity index (χ3v) is 3.57. The maximum Gasteiger partial charge on any atom is 0.267 e. The average Bonchev–Trinajstić information content (AvgIpc) is 2.62. The molecule has 0 saturated carbocycles. The molecule has 0 fully saturated rings. The summed E-state index contributed by atoms with van der Waals surface area (Å²) < 4.78 is 11.0. The van der Waals surface area contributed by atoms with Crippen molar-refractivity contribution in [3.8, 4) is 11.5 Å². The summed E-state index contributed by atoms with van der Waals surface area (Å²) in [7, 11) is 1.54. The van der Waals surface area contributed by atoms with Crippen LogP contribution in [0.2, 0.25) is 5.02 Å². The van der Waals surface area contributed by atoms with E-state index in [4.69, 9.17) is 25.9 Å². The second-order valence-corrected chi connectivity index (χ2v) is 6.18. The molecule has 138 valence electrons. The molecule has 1 N–H and O–H groups in total. The average molecular weight is 376 g/mol. The van der Waals surface area contributed by atoms with Gasteiger partial charge in [-0.25, -0.2) is 5.48 Å². The third-order valence-electron chi connectivity index (χ3n) is 3.29. The van der Waals surface area contributed by atoms with Crippen LogP contribution in [0.4, 0.5) is 0 Å². The van der Waals surface area contributed by atoms with Gasteiger partial charge in [-0.2, -0.15) is 0 Å². The van der Waals surface area contributed by atoms with Crippen LogP contribution in [0.1, 0.15) is 25.0 Å². The highest BCUT2D eigenvalue weighted by atomic mass is 35.5. The number of nitrogens with one attached hydrogen (secondary N) is 1. The minimum atomic E-state index is -0.376. The molecule has 0 radical (unpaired) electrons. The van der Waals surface area contributed by atoms with Gasteiger partial charge in [0.2, 0.25) is 0 Å². The summed E-state index contributed by atoms with van der Waals surface area (Å²) in [5.74, 6) is 0.613. The summed E-state index contributed by atoms with van der Waals surface area (Å²) in [6.45, 7) is 4.11. The molecule has 2 aromatic rings. The third kappa shape index (κ3) is 6.10. The van der Waals surface area contributed by atoms with Gasteiger partial charge in [-0.3, -0.25) is 9.63 Å². The zero-order valence-corrected chi connectivity index (χ0v) is 15.7. The van der Waals surface area contributed by atoms with Crippen molar-refractivity contribution in [2.24, 2.45) is 0 Å². The number of amides is 1. The standard InChI is InChI=1S/C20H22ClNO4/c1-14(2)26-20-17(21)11-16(12-18(20)24-3)9-10-19(23)22-25-13-15-7-5-4-6-8-15/h4-12,14H,13H2,1-3H3,(H,22,23)/b10-9+. The Morgan fingerprint density at radius 1 is 1.23 bits per heavy atom. The second-order valence-electron chi connectivity index (χ2n) is 5.77. The maximum atomic E-state index is 11.8. The molecule has 0 unspecified atom stereocenters. The van der Waals surface area contributed by atoms with Crippen molar-refractivity contribution in [1.82, 2.24) is 5.48 Å². The molecule has 0 bridgehead atoms. The number of rotatable bonds is 8. The lowest BCUT2D eigenvalue weighted by Gasteiger charge is -2.15. The predicted octanol–water partition coefficient (Wildman–Crippen LogP) is 4.40. The lowest BCUT2D eigenvalue weighted by Crippen LogP contribution is -2.21. The Hall–Kier alpha value is -2.50. The highest BCUT2D eigenvalue weighted by Crippen LogP contribution is 2.37. The quantitative estimate of drug-likeness (QED) is 0.549. The fourth-order valence-electron chi connectivity index (χ4n) is 2.16. The van der Waals surface area contributed by atoms with E-state index in [1.54, 1.807) is 18.2 Å². The number of halogens is 1. The monoisotopic (exact) mass is 375 g/mol. The van der Waals surface area contributed by atoms with Gasteiger partial charge in [-0.05, 0) is 43.2 Å². The van der Waals surface area contributed by atoms with Crippen LogP contribution in [-0.2, 0) is 16.2 Å². The zero-order chi connectivity index (χ0) is 18.9. The molecular weight excluding hydrogens is 354 g/mol. The van der Waals surface area contributed by atoms with Gasteiger partial charge in [0, 0.05) is 6.08 Å². The first-order valence-corrected chi connectivity index (χ1v) is 8.55. The first-order valence-electron chi connectivity index (χ1n) is 8.17. The van der Waals surface area contributed by atoms with Crippen molar-refractivity contribution in [2.75, 3.05) is 7.11 Å². The predicted molar refractivity (Wildman–Crippen MR) is 102 cm³/mol. The van der Waals surface area contributed by atoms with E-state index in [1.807, 2.05) is 44.2 Å². The Bertz CT molecular complexity index is 760. The van der Waals surface area contributed by atoms with Crippen LogP contribution in [0.15, 0.2) is 48.5 Å². The highest BCUT2D eigenvalue weighted by molar-refractivity contribution is 6.32. The SMILES string of the molecule is COc1cc(/C=C/C(=O)NOCc2ccccc2)cc(Cl)c1OC(C)C. The topological polar surface area (TPSA) is 56.8 Å². The van der Waals surface area contributed by atoms with Gasteiger partial charge >= 0.3 is 0 Å². The summed E-state index contributed by atoms with van der Waals surface area (Å²) >= 11 is 6.26. The van der Waals surface area contributed by atoms with Crippen LogP contribution in [-0.4, -0.2) is 19.1 Å². The Morgan fingerprint density at radius 3 is 2.62 bits per heavy atom. The van der Waals surface area contributed by atoms with Crippen LogP contribution < -0.4 is 15.0 Å². The van der Waals surface area contributed by atoms with Gasteiger partial charge in [0.05, 0.1) is 24.8 Å². The van der Waals surface area contributed by atoms with Crippen molar-refractivity contribution in [3.05, 3.63) is 64.7 Å². The first-order chi connectivity index (χ1) is 12.5. The lowest BCUT2D eigenvalue weighted by atomic mass is 10.2. The van der Waals surface area contributed by atoms with E-state index in [0.29, 0.717) is 28.7 Å². The number of carbonyl (C=O) groups excluding carboxylic acids is 1. The van der Waals surface area contributed by atoms with E-state index in [1.165, 1.54) is 13.2 Å². The van der Waals surface area contributed by atoms with Crippen molar-refractivity contribution < 1.29 is 19.1 Å². The molecule has 0 aliphatic rings. The van der Waals surface area contributed by atoms with Crippen LogP contribution in [0.25, 0.3) is 6.08 Å². The number of methoxy groups -OCH3 is 1. The van der Waals surface area contributed by atoms with Gasteiger partial charge in [-0.1, -0.05) is 41.9 Å². The van der Waals surface area contributed by atoms with Gasteiger partial charge in [-0.15, -0.1) is 0 Å². The number of hydrogen-bond acceptors (Lipinski definition) is 4. The van der Waals surface area contributed by atoms with Crippen molar-refractivity contribution in [1.29, 1.82) is 0 Å². The van der Waals surface area contributed by atoms with Crippen molar-refractivity contribution in [3.63, 3.8) is 0 Å². The molecule has 0 aliphatic carbocycles. The molecule has 1 amide bonds. The molecule has 2 rings (SSSR count). The molecule has 0 saturated heterocycles. The number of hydrogen-bond donors (Lipinski definition) is 1. The highest BCUT2D eigenvalue weighted by Gasteiger charge is 2.12. The number of carbonyl (C=O) groups is 1. The Morgan fingerprint density at radius 2 is 1.96 bits per heavy atom. The number of benzene rings is 2. The zero-order valence-electron chi connectivity index (χ0n) is 15.0. The van der Waals surface area contributed by atoms with Crippen LogP contribution in [0.3, 0.4) is 0 Å². The second kappa shape index (κ2) is 9.85. The van der Waals surface area contributed by atoms with Gasteiger partial charge in [0.25, 0.3) is 5.91 Å². The van der Waals surface area contributed by atoms with Crippen molar-refractivity contribution >= 4 is 23.6 Å². The van der Waals surface area contributed by atoms with E-state index in [-0.39, 0.29) is 12.0 Å². The summed E-state index contributed by atoms with van der Waals surface area (Å²) in [5, 5.41) is 0.415. The maximum absolute atomic E-state index is 11.8. The van der Waals surface area contributed by atoms with Gasteiger partial charge in [0.15, 0.2) is 11.5 Å². The largest absolute Gasteiger partial charge is 0.493 e. The summed E-state index contributed by atoms with van der Waals surface area (Å²) in [6, 6.07) is 13.0. The van der Waals surface area contributed by atoms with E-state index in [2.05, 4.69) is 5.48 Å². The van der Waals surface area contributed by atoms with Gasteiger partial charge < -0.3 is 9.47 Å². The summed E-state index contributed by atoms with van der Waals surface area (Å²) in [6.07, 6.45) is 2.95. The van der Waals surface area contributed by atoms with E-state index in [9.17, 15) is 4.79 Å². The number of ether oxygens (including phenoxy) is 2. The minimum absolute atomic E-state index is 0.0321. The molecule has 0 spiro atoms. The Balaban J connectivity index is 1.96. The minimum Gasteiger partial charge on any atom is -0.493 e. The molecule has 26 heavy (non-hydrogen) atoms. The fourth-order valence-corrected chi connectivity index (χ4v) is 2.42. The van der Waals surface area contributed by atoms with E-state index in [0.717, 1.165) is 5.56 Å². The summed E-state index contributed by atoms with van der Waals surface area (Å²) in [5.41, 5.74) is 4.04. The molecule has 0 heterocycles. The van der Waals surface area contributed by atoms with E-state index >= 15 is 0 Å². The van der Waals surface area contributed by atoms with Crippen LogP contribution in [0.5, 0.6) is 11.5 Å². The Labute approximate surface area is 158 Å². The van der Waals surface area contributed by atoms with Gasteiger partial charge in [0.1, 0.15) is 0 Å².